The van der Waals surface area contributed by atoms with Crippen LogP contribution in [0.15, 0.2) is 22.6 Å². The molecule has 0 bridgehead atoms. The fraction of sp³-hybridized carbons (Fsp3) is 0.550. The quantitative estimate of drug-likeness (QED) is 0.572. The number of hydrogen-bond acceptors (Lipinski definition) is 7. The molecule has 8 nitrogen and oxygen atoms in total. The fourth-order valence-electron chi connectivity index (χ4n) is 2.98. The van der Waals surface area contributed by atoms with E-state index in [-0.39, 0.29) is 11.8 Å². The molecule has 1 fully saturated rings. The number of anilines is 2. The normalized spacial score (nSPS) is 13.6. The Hall–Kier alpha value is -2.61. The van der Waals surface area contributed by atoms with Crippen LogP contribution in [-0.4, -0.2) is 54.3 Å². The van der Waals surface area contributed by atoms with Gasteiger partial charge in [0.05, 0.1) is 12.7 Å². The number of nitrogens with zero attached hydrogens (tertiary/aromatic N) is 3. The maximum atomic E-state index is 11.9. The first kappa shape index (κ1) is 20.1. The number of methoxy groups -OCH3 is 1. The molecule has 8 heteroatoms. The van der Waals surface area contributed by atoms with Gasteiger partial charge in [-0.25, -0.2) is 0 Å². The van der Waals surface area contributed by atoms with Crippen molar-refractivity contribution in [3.8, 4) is 17.2 Å². The average molecular weight is 387 g/mol. The second kappa shape index (κ2) is 9.54. The van der Waals surface area contributed by atoms with E-state index in [0.29, 0.717) is 28.9 Å². The molecule has 0 atom stereocenters. The number of aromatic nitrogens is 2. The highest BCUT2D eigenvalue weighted by molar-refractivity contribution is 5.94. The van der Waals surface area contributed by atoms with E-state index < -0.39 is 0 Å². The van der Waals surface area contributed by atoms with E-state index in [4.69, 9.17) is 9.15 Å². The minimum absolute atomic E-state index is 0.0591. The standard InChI is InChI=1S/C20H29N5O3/c1-4-25(5-2)12-6-11-21-20-24-23-19(28-20)16-10-9-15(13-17(16)27-3)22-18(26)14-7-8-14/h9-10,13-14H,4-8,11-12H2,1-3H3,(H,21,24)(H,22,26). The van der Waals surface area contributed by atoms with Crippen LogP contribution in [-0.2, 0) is 4.79 Å². The zero-order valence-corrected chi connectivity index (χ0v) is 16.8. The minimum atomic E-state index is 0.0591. The molecule has 1 amide bonds. The molecule has 0 unspecified atom stereocenters. The fourth-order valence-corrected chi connectivity index (χ4v) is 2.98. The monoisotopic (exact) mass is 387 g/mol. The third-order valence-electron chi connectivity index (χ3n) is 4.89. The zero-order valence-electron chi connectivity index (χ0n) is 16.8. The van der Waals surface area contributed by atoms with Crippen LogP contribution < -0.4 is 15.4 Å². The van der Waals surface area contributed by atoms with Crippen molar-refractivity contribution >= 4 is 17.6 Å². The van der Waals surface area contributed by atoms with Crippen molar-refractivity contribution < 1.29 is 13.9 Å². The van der Waals surface area contributed by atoms with Crippen LogP contribution in [0, 0.1) is 5.92 Å². The second-order valence-corrected chi connectivity index (χ2v) is 6.90. The lowest BCUT2D eigenvalue weighted by molar-refractivity contribution is -0.117. The summed E-state index contributed by atoms with van der Waals surface area (Å²) >= 11 is 0. The van der Waals surface area contributed by atoms with Gasteiger partial charge in [0, 0.05) is 24.2 Å². The molecule has 0 spiro atoms. The molecule has 0 aliphatic heterocycles. The van der Waals surface area contributed by atoms with Crippen molar-refractivity contribution in [3.05, 3.63) is 18.2 Å². The summed E-state index contributed by atoms with van der Waals surface area (Å²) in [6.45, 7) is 8.23. The number of benzene rings is 1. The Balaban J connectivity index is 1.59. The first-order valence-corrected chi connectivity index (χ1v) is 9.93. The van der Waals surface area contributed by atoms with Gasteiger partial charge in [-0.15, -0.1) is 5.10 Å². The first-order valence-electron chi connectivity index (χ1n) is 9.93. The molecule has 152 valence electrons. The lowest BCUT2D eigenvalue weighted by Gasteiger charge is -2.17. The van der Waals surface area contributed by atoms with Crippen LogP contribution in [0.25, 0.3) is 11.5 Å². The van der Waals surface area contributed by atoms with Gasteiger partial charge in [0.15, 0.2) is 0 Å². The Morgan fingerprint density at radius 2 is 2.07 bits per heavy atom. The molecule has 2 N–H and O–H groups in total. The number of rotatable bonds is 11. The highest BCUT2D eigenvalue weighted by atomic mass is 16.5. The summed E-state index contributed by atoms with van der Waals surface area (Å²) in [6, 6.07) is 5.80. The molecule has 2 aromatic rings. The summed E-state index contributed by atoms with van der Waals surface area (Å²) in [5.41, 5.74) is 1.39. The van der Waals surface area contributed by atoms with E-state index in [9.17, 15) is 4.79 Å². The van der Waals surface area contributed by atoms with Crippen LogP contribution in [0.5, 0.6) is 5.75 Å². The van der Waals surface area contributed by atoms with Gasteiger partial charge in [0.25, 0.3) is 5.89 Å². The van der Waals surface area contributed by atoms with E-state index in [1.54, 1.807) is 13.2 Å². The van der Waals surface area contributed by atoms with Gasteiger partial charge in [-0.05, 0) is 51.0 Å². The van der Waals surface area contributed by atoms with E-state index in [1.807, 2.05) is 12.1 Å². The minimum Gasteiger partial charge on any atom is -0.496 e. The number of carbonyl (C=O) groups is 1. The molecule has 28 heavy (non-hydrogen) atoms. The maximum Gasteiger partial charge on any atom is 0.315 e. The van der Waals surface area contributed by atoms with E-state index in [2.05, 4.69) is 39.6 Å². The summed E-state index contributed by atoms with van der Waals surface area (Å²) in [7, 11) is 1.58. The van der Waals surface area contributed by atoms with Crippen molar-refractivity contribution in [1.29, 1.82) is 0 Å². The van der Waals surface area contributed by atoms with Crippen LogP contribution >= 0.6 is 0 Å². The second-order valence-electron chi connectivity index (χ2n) is 6.90. The SMILES string of the molecule is CCN(CC)CCCNc1nnc(-c2ccc(NC(=O)C3CC3)cc2OC)o1. The predicted molar refractivity (Wildman–Crippen MR) is 109 cm³/mol. The number of nitrogens with one attached hydrogen (secondary N) is 2. The van der Waals surface area contributed by atoms with Crippen LogP contribution in [0.3, 0.4) is 0 Å². The van der Waals surface area contributed by atoms with E-state index in [0.717, 1.165) is 45.4 Å². The molecular weight excluding hydrogens is 358 g/mol. The Bertz CT molecular complexity index is 784. The molecule has 3 rings (SSSR count). The van der Waals surface area contributed by atoms with Crippen molar-refractivity contribution in [2.45, 2.75) is 33.1 Å². The Kier molecular flexibility index (Phi) is 6.86. The van der Waals surface area contributed by atoms with Crippen LogP contribution in [0.2, 0.25) is 0 Å². The van der Waals surface area contributed by atoms with Gasteiger partial charge in [0.1, 0.15) is 5.75 Å². The van der Waals surface area contributed by atoms with Gasteiger partial charge in [-0.2, -0.15) is 0 Å². The summed E-state index contributed by atoms with van der Waals surface area (Å²) in [5.74, 6) is 1.16. The summed E-state index contributed by atoms with van der Waals surface area (Å²) < 4.78 is 11.2. The van der Waals surface area contributed by atoms with Crippen molar-refractivity contribution in [2.24, 2.45) is 5.92 Å². The molecule has 1 aromatic carbocycles. The molecule has 0 radical (unpaired) electrons. The Labute approximate surface area is 165 Å². The molecule has 1 saturated carbocycles. The number of carbonyl (C=O) groups excluding carboxylic acids is 1. The maximum absolute atomic E-state index is 11.9. The average Bonchev–Trinajstić information content (AvgIpc) is 3.47. The highest BCUT2D eigenvalue weighted by Gasteiger charge is 2.29. The molecule has 0 saturated heterocycles. The lowest BCUT2D eigenvalue weighted by Crippen LogP contribution is -2.25. The van der Waals surface area contributed by atoms with Crippen LogP contribution in [0.4, 0.5) is 11.7 Å². The van der Waals surface area contributed by atoms with Crippen molar-refractivity contribution in [2.75, 3.05) is 43.9 Å². The number of hydrogen-bond donors (Lipinski definition) is 2. The summed E-state index contributed by atoms with van der Waals surface area (Å²) in [4.78, 5) is 14.3. The Morgan fingerprint density at radius 1 is 1.29 bits per heavy atom. The van der Waals surface area contributed by atoms with Crippen molar-refractivity contribution in [1.82, 2.24) is 15.1 Å². The van der Waals surface area contributed by atoms with Gasteiger partial charge in [-0.3, -0.25) is 4.79 Å². The van der Waals surface area contributed by atoms with Gasteiger partial charge in [-0.1, -0.05) is 18.9 Å². The number of ether oxygens (including phenoxy) is 1. The molecular formula is C20H29N5O3. The van der Waals surface area contributed by atoms with E-state index >= 15 is 0 Å². The molecule has 1 aliphatic rings. The predicted octanol–water partition coefficient (Wildman–Crippen LogP) is 3.24. The largest absolute Gasteiger partial charge is 0.496 e. The zero-order chi connectivity index (χ0) is 19.9. The Morgan fingerprint density at radius 3 is 2.75 bits per heavy atom. The molecule has 1 aromatic heterocycles. The number of amides is 1. The summed E-state index contributed by atoms with van der Waals surface area (Å²) in [5, 5.41) is 14.3. The first-order chi connectivity index (χ1) is 13.6. The third kappa shape index (κ3) is 5.22. The molecule has 1 aliphatic carbocycles. The van der Waals surface area contributed by atoms with E-state index in [1.165, 1.54) is 0 Å². The smallest absolute Gasteiger partial charge is 0.315 e. The third-order valence-corrected chi connectivity index (χ3v) is 4.89. The van der Waals surface area contributed by atoms with Crippen LogP contribution in [0.1, 0.15) is 33.1 Å². The van der Waals surface area contributed by atoms with Gasteiger partial charge in [0.2, 0.25) is 5.91 Å². The highest BCUT2D eigenvalue weighted by Crippen LogP contribution is 2.34. The lowest BCUT2D eigenvalue weighted by atomic mass is 10.1. The topological polar surface area (TPSA) is 92.5 Å². The van der Waals surface area contributed by atoms with Crippen molar-refractivity contribution in [3.63, 3.8) is 0 Å². The van der Waals surface area contributed by atoms with Gasteiger partial charge >= 0.3 is 6.01 Å². The summed E-state index contributed by atoms with van der Waals surface area (Å²) in [6.07, 6.45) is 2.93. The van der Waals surface area contributed by atoms with Gasteiger partial charge < -0.3 is 24.7 Å². The molecule has 1 heterocycles.